The molecule has 8 nitrogen and oxygen atoms in total. The number of likely N-dealkylation sites (N-methyl/N-ethyl adjacent to an activating group) is 1. The number of hydrogen-bond donors (Lipinski definition) is 0. The second kappa shape index (κ2) is 12.6. The Labute approximate surface area is 225 Å². The molecular weight excluding hydrogens is 523 g/mol. The number of nitro groups is 1. The lowest BCUT2D eigenvalue weighted by Gasteiger charge is -2.35. The molecule has 0 unspecified atom stereocenters. The molecule has 2 aromatic carbocycles. The van der Waals surface area contributed by atoms with E-state index in [1.54, 1.807) is 40.1 Å². The first-order chi connectivity index (χ1) is 17.1. The van der Waals surface area contributed by atoms with E-state index in [0.717, 1.165) is 11.8 Å². The van der Waals surface area contributed by atoms with Gasteiger partial charge in [-0.15, -0.1) is 0 Å². The molecule has 36 heavy (non-hydrogen) atoms. The largest absolute Gasteiger partial charge is 0.342 e. The van der Waals surface area contributed by atoms with E-state index in [-0.39, 0.29) is 23.1 Å². The Balaban J connectivity index is 1.67. The Morgan fingerprint density at radius 1 is 1.06 bits per heavy atom. The van der Waals surface area contributed by atoms with E-state index in [9.17, 15) is 19.7 Å². The first-order valence-electron chi connectivity index (χ1n) is 11.5. The molecule has 0 spiro atoms. The highest BCUT2D eigenvalue weighted by molar-refractivity contribution is 7.99. The van der Waals surface area contributed by atoms with Crippen molar-refractivity contribution in [2.75, 3.05) is 45.8 Å². The highest BCUT2D eigenvalue weighted by atomic mass is 35.5. The first kappa shape index (κ1) is 28.0. The maximum Gasteiger partial charge on any atom is 0.283 e. The summed E-state index contributed by atoms with van der Waals surface area (Å²) in [4.78, 5) is 43.3. The van der Waals surface area contributed by atoms with Gasteiger partial charge in [0.25, 0.3) is 11.6 Å². The minimum atomic E-state index is -0.487. The highest BCUT2D eigenvalue weighted by Crippen LogP contribution is 2.40. The zero-order chi connectivity index (χ0) is 26.4. The third-order valence-electron chi connectivity index (χ3n) is 6.01. The Kier molecular flexibility index (Phi) is 9.78. The van der Waals surface area contributed by atoms with Crippen LogP contribution >= 0.6 is 35.0 Å². The van der Waals surface area contributed by atoms with Crippen molar-refractivity contribution in [1.29, 1.82) is 0 Å². The van der Waals surface area contributed by atoms with Gasteiger partial charge in [0.15, 0.2) is 0 Å². The molecule has 0 radical (unpaired) electrons. The number of hydrogen-bond acceptors (Lipinski definition) is 6. The summed E-state index contributed by atoms with van der Waals surface area (Å²) in [6, 6.07) is 9.55. The fraction of sp³-hybridized carbons (Fsp3) is 0.360. The van der Waals surface area contributed by atoms with Crippen molar-refractivity contribution in [1.82, 2.24) is 14.7 Å². The molecule has 1 aliphatic rings. The molecule has 0 saturated carbocycles. The van der Waals surface area contributed by atoms with Crippen molar-refractivity contribution >= 4 is 58.0 Å². The van der Waals surface area contributed by atoms with Gasteiger partial charge in [0.05, 0.1) is 21.4 Å². The quantitative estimate of drug-likeness (QED) is 0.246. The number of carbonyl (C=O) groups excluding carboxylic acids is 2. The minimum absolute atomic E-state index is 0.0781. The molecule has 2 amide bonds. The number of carbonyl (C=O) groups is 2. The normalized spacial score (nSPS) is 13.9. The van der Waals surface area contributed by atoms with E-state index in [4.69, 9.17) is 23.2 Å². The fourth-order valence-corrected chi connectivity index (χ4v) is 5.33. The average Bonchev–Trinajstić information content (AvgIpc) is 2.86. The van der Waals surface area contributed by atoms with Gasteiger partial charge in [-0.1, -0.05) is 47.6 Å². The first-order valence-corrected chi connectivity index (χ1v) is 13.1. The number of piperazine rings is 1. The predicted octanol–water partition coefficient (Wildman–Crippen LogP) is 5.08. The Morgan fingerprint density at radius 3 is 2.28 bits per heavy atom. The van der Waals surface area contributed by atoms with Crippen molar-refractivity contribution in [3.63, 3.8) is 0 Å². The van der Waals surface area contributed by atoms with E-state index in [2.05, 4.69) is 6.58 Å². The summed E-state index contributed by atoms with van der Waals surface area (Å²) in [6.45, 7) is 11.5. The number of nitrogens with zero attached hydrogens (tertiary/aromatic N) is 4. The second-order valence-corrected chi connectivity index (χ2v) is 10.2. The van der Waals surface area contributed by atoms with Gasteiger partial charge >= 0.3 is 0 Å². The van der Waals surface area contributed by atoms with E-state index in [1.807, 2.05) is 18.7 Å². The van der Waals surface area contributed by atoms with Crippen molar-refractivity contribution < 1.29 is 14.5 Å². The molecule has 2 aromatic rings. The standard InChI is InChI=1S/C25H28Cl2N4O4S/c1-4-29(5-2)24(32)16-28-10-12-30(13-11-28)25(33)17(3)18-6-8-23(21(14-18)31(34)35)36-22-9-7-19(26)15-20(22)27/h6-9,14-15H,3-5,10-13,16H2,1-2H3. The van der Waals surface area contributed by atoms with Gasteiger partial charge in [0.2, 0.25) is 5.91 Å². The number of benzene rings is 2. The van der Waals surface area contributed by atoms with Gasteiger partial charge in [-0.05, 0) is 43.7 Å². The monoisotopic (exact) mass is 550 g/mol. The molecule has 0 bridgehead atoms. The van der Waals surface area contributed by atoms with Crippen LogP contribution in [0, 0.1) is 10.1 Å². The second-order valence-electron chi connectivity index (χ2n) is 8.23. The maximum atomic E-state index is 13.1. The molecule has 0 aliphatic carbocycles. The van der Waals surface area contributed by atoms with Crippen LogP contribution in [0.2, 0.25) is 10.0 Å². The third kappa shape index (κ3) is 6.79. The van der Waals surface area contributed by atoms with Gasteiger partial charge in [-0.3, -0.25) is 24.6 Å². The van der Waals surface area contributed by atoms with Crippen LogP contribution in [0.5, 0.6) is 0 Å². The van der Waals surface area contributed by atoms with Gasteiger partial charge in [-0.2, -0.15) is 0 Å². The Hall–Kier alpha value is -2.59. The van der Waals surface area contributed by atoms with Gasteiger partial charge in [0, 0.05) is 60.8 Å². The number of amides is 2. The summed E-state index contributed by atoms with van der Waals surface area (Å²) in [5.41, 5.74) is 0.432. The molecule has 11 heteroatoms. The van der Waals surface area contributed by atoms with Crippen LogP contribution in [0.25, 0.3) is 5.57 Å². The fourth-order valence-electron chi connectivity index (χ4n) is 3.90. The summed E-state index contributed by atoms with van der Waals surface area (Å²) >= 11 is 13.3. The van der Waals surface area contributed by atoms with Crippen LogP contribution in [0.15, 0.2) is 52.8 Å². The van der Waals surface area contributed by atoms with E-state index in [0.29, 0.717) is 71.2 Å². The summed E-state index contributed by atoms with van der Waals surface area (Å²) in [7, 11) is 0. The Bertz CT molecular complexity index is 1160. The average molecular weight is 551 g/mol. The van der Waals surface area contributed by atoms with E-state index < -0.39 is 4.92 Å². The number of rotatable bonds is 9. The minimum Gasteiger partial charge on any atom is -0.342 e. The molecule has 1 fully saturated rings. The molecule has 192 valence electrons. The summed E-state index contributed by atoms with van der Waals surface area (Å²) in [5, 5.41) is 12.7. The van der Waals surface area contributed by atoms with Crippen molar-refractivity contribution in [2.45, 2.75) is 23.6 Å². The van der Waals surface area contributed by atoms with Gasteiger partial charge in [0.1, 0.15) is 0 Å². The smallest absolute Gasteiger partial charge is 0.283 e. The molecule has 1 saturated heterocycles. The van der Waals surface area contributed by atoms with Crippen LogP contribution in [-0.2, 0) is 9.59 Å². The summed E-state index contributed by atoms with van der Waals surface area (Å²) < 4.78 is 0. The van der Waals surface area contributed by atoms with Crippen molar-refractivity contribution in [2.24, 2.45) is 0 Å². The molecule has 0 N–H and O–H groups in total. The third-order valence-corrected chi connectivity index (χ3v) is 7.81. The molecule has 1 heterocycles. The lowest BCUT2D eigenvalue weighted by Crippen LogP contribution is -2.51. The topological polar surface area (TPSA) is 87.0 Å². The van der Waals surface area contributed by atoms with Crippen LogP contribution in [-0.4, -0.2) is 77.3 Å². The van der Waals surface area contributed by atoms with Crippen molar-refractivity contribution in [3.05, 3.63) is 68.7 Å². The zero-order valence-electron chi connectivity index (χ0n) is 20.2. The lowest BCUT2D eigenvalue weighted by molar-refractivity contribution is -0.387. The van der Waals surface area contributed by atoms with Crippen LogP contribution in [0.3, 0.4) is 0 Å². The highest BCUT2D eigenvalue weighted by Gasteiger charge is 2.26. The maximum absolute atomic E-state index is 13.1. The van der Waals surface area contributed by atoms with E-state index in [1.165, 1.54) is 6.07 Å². The van der Waals surface area contributed by atoms with Crippen molar-refractivity contribution in [3.8, 4) is 0 Å². The van der Waals surface area contributed by atoms with Gasteiger partial charge in [-0.25, -0.2) is 0 Å². The van der Waals surface area contributed by atoms with Crippen LogP contribution in [0.1, 0.15) is 19.4 Å². The zero-order valence-corrected chi connectivity index (χ0v) is 22.5. The van der Waals surface area contributed by atoms with Crippen LogP contribution in [0.4, 0.5) is 5.69 Å². The molecule has 0 atom stereocenters. The van der Waals surface area contributed by atoms with Gasteiger partial charge < -0.3 is 9.80 Å². The molecule has 0 aromatic heterocycles. The van der Waals surface area contributed by atoms with Crippen LogP contribution < -0.4 is 0 Å². The Morgan fingerprint density at radius 2 is 1.69 bits per heavy atom. The SMILES string of the molecule is C=C(C(=O)N1CCN(CC(=O)N(CC)CC)CC1)c1ccc(Sc2ccc(Cl)cc2Cl)c([N+](=O)[O-])c1. The molecule has 3 rings (SSSR count). The summed E-state index contributed by atoms with van der Waals surface area (Å²) in [6.07, 6.45) is 0. The number of nitro benzene ring substituents is 1. The number of halogens is 2. The molecular formula is C25H28Cl2N4O4S. The summed E-state index contributed by atoms with van der Waals surface area (Å²) in [5.74, 6) is -0.200. The lowest BCUT2D eigenvalue weighted by atomic mass is 10.1. The van der Waals surface area contributed by atoms with E-state index >= 15 is 0 Å². The predicted molar refractivity (Wildman–Crippen MR) is 144 cm³/mol. The molecule has 1 aliphatic heterocycles.